The number of ether oxygens (including phenoxy) is 3. The highest BCUT2D eigenvalue weighted by Crippen LogP contribution is 2.48. The van der Waals surface area contributed by atoms with Crippen molar-refractivity contribution in [2.75, 3.05) is 13.2 Å². The maximum absolute atomic E-state index is 11.3. The van der Waals surface area contributed by atoms with Gasteiger partial charge in [0.1, 0.15) is 6.10 Å². The fourth-order valence-electron chi connectivity index (χ4n) is 3.88. The average molecular weight is 353 g/mol. The molecule has 0 radical (unpaired) electrons. The van der Waals surface area contributed by atoms with Gasteiger partial charge in [-0.15, -0.1) is 0 Å². The van der Waals surface area contributed by atoms with Crippen molar-refractivity contribution < 1.29 is 19.0 Å². The van der Waals surface area contributed by atoms with E-state index in [1.165, 1.54) is 5.56 Å². The van der Waals surface area contributed by atoms with Crippen molar-refractivity contribution in [2.24, 2.45) is 11.1 Å². The maximum Gasteiger partial charge on any atom is 0.405 e. The zero-order valence-electron chi connectivity index (χ0n) is 15.1. The van der Waals surface area contributed by atoms with Gasteiger partial charge >= 0.3 is 6.09 Å². The van der Waals surface area contributed by atoms with E-state index < -0.39 is 6.09 Å². The van der Waals surface area contributed by atoms with Crippen molar-refractivity contribution in [1.82, 2.24) is 0 Å². The topological polar surface area (TPSA) is 70.8 Å². The molecule has 2 aromatic carbocycles. The molecule has 2 aromatic rings. The van der Waals surface area contributed by atoms with Gasteiger partial charge < -0.3 is 19.9 Å². The molecule has 0 spiro atoms. The number of benzene rings is 2. The SMILES string of the molecule is CC1(C)Cc2cc(-c3ccc4c(c3)OCCCO4)ccc2C1OC(N)=O. The van der Waals surface area contributed by atoms with Gasteiger partial charge in [-0.2, -0.15) is 0 Å². The maximum atomic E-state index is 11.3. The molecule has 1 heterocycles. The fourth-order valence-corrected chi connectivity index (χ4v) is 3.88. The normalized spacial score (nSPS) is 20.2. The number of hydrogen-bond acceptors (Lipinski definition) is 4. The Kier molecular flexibility index (Phi) is 4.02. The Morgan fingerprint density at radius 2 is 1.77 bits per heavy atom. The summed E-state index contributed by atoms with van der Waals surface area (Å²) in [5, 5.41) is 0. The summed E-state index contributed by atoms with van der Waals surface area (Å²) >= 11 is 0. The molecule has 0 saturated heterocycles. The fraction of sp³-hybridized carbons (Fsp3) is 0.381. The van der Waals surface area contributed by atoms with Gasteiger partial charge in [-0.3, -0.25) is 0 Å². The first-order valence-electron chi connectivity index (χ1n) is 8.93. The number of nitrogens with two attached hydrogens (primary N) is 1. The first-order valence-corrected chi connectivity index (χ1v) is 8.93. The van der Waals surface area contributed by atoms with E-state index in [-0.39, 0.29) is 11.5 Å². The van der Waals surface area contributed by atoms with Crippen LogP contribution in [0.5, 0.6) is 11.5 Å². The van der Waals surface area contributed by atoms with Crippen molar-refractivity contribution in [2.45, 2.75) is 32.8 Å². The minimum absolute atomic E-state index is 0.180. The summed E-state index contributed by atoms with van der Waals surface area (Å²) in [6, 6.07) is 12.3. The van der Waals surface area contributed by atoms with E-state index in [1.54, 1.807) is 0 Å². The first kappa shape index (κ1) is 16.8. The Bertz CT molecular complexity index is 859. The molecule has 2 N–H and O–H groups in total. The van der Waals surface area contributed by atoms with Gasteiger partial charge in [0.25, 0.3) is 0 Å². The van der Waals surface area contributed by atoms with E-state index in [9.17, 15) is 4.79 Å². The second-order valence-electron chi connectivity index (χ2n) is 7.61. The van der Waals surface area contributed by atoms with E-state index in [0.29, 0.717) is 13.2 Å². The number of carbonyl (C=O) groups excluding carboxylic acids is 1. The zero-order chi connectivity index (χ0) is 18.3. The highest BCUT2D eigenvalue weighted by molar-refractivity contribution is 5.70. The predicted octanol–water partition coefficient (Wildman–Crippen LogP) is 4.23. The lowest BCUT2D eigenvalue weighted by molar-refractivity contribution is 0.0392. The largest absolute Gasteiger partial charge is 0.490 e. The lowest BCUT2D eigenvalue weighted by atomic mass is 9.87. The van der Waals surface area contributed by atoms with Crippen LogP contribution in [0, 0.1) is 5.41 Å². The number of primary amides is 1. The summed E-state index contributed by atoms with van der Waals surface area (Å²) < 4.78 is 16.9. The quantitative estimate of drug-likeness (QED) is 0.877. The summed E-state index contributed by atoms with van der Waals surface area (Å²) in [5.74, 6) is 1.58. The van der Waals surface area contributed by atoms with Gasteiger partial charge in [-0.25, -0.2) is 4.79 Å². The molecule has 1 amide bonds. The third-order valence-corrected chi connectivity index (χ3v) is 5.10. The molecule has 4 rings (SSSR count). The third kappa shape index (κ3) is 2.98. The van der Waals surface area contributed by atoms with Gasteiger partial charge in [0.2, 0.25) is 0 Å². The minimum Gasteiger partial charge on any atom is -0.490 e. The molecule has 1 unspecified atom stereocenters. The average Bonchev–Trinajstić information content (AvgIpc) is 2.75. The molecule has 0 saturated carbocycles. The Hall–Kier alpha value is -2.69. The summed E-state index contributed by atoms with van der Waals surface area (Å²) in [7, 11) is 0. The molecule has 1 aliphatic heterocycles. The Morgan fingerprint density at radius 3 is 2.54 bits per heavy atom. The van der Waals surface area contributed by atoms with Crippen LogP contribution in [-0.4, -0.2) is 19.3 Å². The zero-order valence-corrected chi connectivity index (χ0v) is 15.1. The molecular weight excluding hydrogens is 330 g/mol. The van der Waals surface area contributed by atoms with Crippen LogP contribution in [0.1, 0.15) is 37.5 Å². The molecule has 1 aliphatic carbocycles. The Balaban J connectivity index is 1.69. The molecule has 5 nitrogen and oxygen atoms in total. The van der Waals surface area contributed by atoms with Gasteiger partial charge in [-0.05, 0) is 40.8 Å². The van der Waals surface area contributed by atoms with Crippen molar-refractivity contribution in [3.63, 3.8) is 0 Å². The highest BCUT2D eigenvalue weighted by atomic mass is 16.6. The first-order chi connectivity index (χ1) is 12.4. The molecule has 5 heteroatoms. The van der Waals surface area contributed by atoms with E-state index in [2.05, 4.69) is 26.0 Å². The summed E-state index contributed by atoms with van der Waals surface area (Å²) in [5.41, 5.74) is 9.49. The minimum atomic E-state index is -0.733. The number of amides is 1. The molecular formula is C21H23NO4. The van der Waals surface area contributed by atoms with E-state index >= 15 is 0 Å². The van der Waals surface area contributed by atoms with E-state index in [0.717, 1.165) is 41.0 Å². The van der Waals surface area contributed by atoms with E-state index in [1.807, 2.05) is 24.3 Å². The smallest absolute Gasteiger partial charge is 0.405 e. The van der Waals surface area contributed by atoms with Crippen LogP contribution in [0.15, 0.2) is 36.4 Å². The Labute approximate surface area is 153 Å². The summed E-state index contributed by atoms with van der Waals surface area (Å²) in [6.45, 7) is 5.53. The summed E-state index contributed by atoms with van der Waals surface area (Å²) in [6.07, 6.45) is 0.674. The van der Waals surface area contributed by atoms with Gasteiger partial charge in [0.05, 0.1) is 13.2 Å². The van der Waals surface area contributed by atoms with Crippen LogP contribution in [0.25, 0.3) is 11.1 Å². The van der Waals surface area contributed by atoms with E-state index in [4.69, 9.17) is 19.9 Å². The van der Waals surface area contributed by atoms with Crippen LogP contribution < -0.4 is 15.2 Å². The number of fused-ring (bicyclic) bond motifs is 2. The Morgan fingerprint density at radius 1 is 1.08 bits per heavy atom. The van der Waals surface area contributed by atoms with Crippen LogP contribution in [0.2, 0.25) is 0 Å². The van der Waals surface area contributed by atoms with Gasteiger partial charge in [0.15, 0.2) is 11.5 Å². The number of hydrogen-bond donors (Lipinski definition) is 1. The highest BCUT2D eigenvalue weighted by Gasteiger charge is 2.41. The van der Waals surface area contributed by atoms with Crippen LogP contribution >= 0.6 is 0 Å². The standard InChI is InChI=1S/C21H23NO4/c1-21(2)12-15-10-13(4-6-16(15)19(21)26-20(22)23)14-5-7-17-18(11-14)25-9-3-8-24-17/h4-7,10-11,19H,3,8-9,12H2,1-2H3,(H2,22,23). The second-order valence-corrected chi connectivity index (χ2v) is 7.61. The van der Waals surface area contributed by atoms with Crippen molar-refractivity contribution in [3.05, 3.63) is 47.5 Å². The lowest BCUT2D eigenvalue weighted by Gasteiger charge is -2.26. The van der Waals surface area contributed by atoms with Crippen molar-refractivity contribution in [1.29, 1.82) is 0 Å². The number of rotatable bonds is 2. The summed E-state index contributed by atoms with van der Waals surface area (Å²) in [4.78, 5) is 11.3. The van der Waals surface area contributed by atoms with Crippen molar-refractivity contribution >= 4 is 6.09 Å². The van der Waals surface area contributed by atoms with Crippen LogP contribution in [0.4, 0.5) is 4.79 Å². The molecule has 2 aliphatic rings. The monoisotopic (exact) mass is 353 g/mol. The number of carbonyl (C=O) groups is 1. The van der Waals surface area contributed by atoms with Gasteiger partial charge in [-0.1, -0.05) is 38.1 Å². The molecule has 1 atom stereocenters. The third-order valence-electron chi connectivity index (χ3n) is 5.10. The molecule has 26 heavy (non-hydrogen) atoms. The van der Waals surface area contributed by atoms with Crippen molar-refractivity contribution in [3.8, 4) is 22.6 Å². The predicted molar refractivity (Wildman–Crippen MR) is 98.4 cm³/mol. The second kappa shape index (κ2) is 6.24. The van der Waals surface area contributed by atoms with Crippen LogP contribution in [0.3, 0.4) is 0 Å². The molecule has 0 bridgehead atoms. The molecule has 0 fully saturated rings. The lowest BCUT2D eigenvalue weighted by Crippen LogP contribution is -2.25. The van der Waals surface area contributed by atoms with Gasteiger partial charge in [0, 0.05) is 11.8 Å². The van der Waals surface area contributed by atoms with Crippen LogP contribution in [-0.2, 0) is 11.2 Å². The molecule has 0 aromatic heterocycles. The molecule has 136 valence electrons.